The Kier molecular flexibility index (Phi) is 8.91. The smallest absolute Gasteiger partial charge is 0.328 e. The van der Waals surface area contributed by atoms with Gasteiger partial charge in [-0.1, -0.05) is 13.8 Å². The molecule has 0 radical (unpaired) electrons. The van der Waals surface area contributed by atoms with Crippen LogP contribution in [0, 0.1) is 0 Å². The van der Waals surface area contributed by atoms with Crippen LogP contribution in [0.25, 0.3) is 0 Å². The van der Waals surface area contributed by atoms with Gasteiger partial charge in [0.25, 0.3) is 0 Å². The first-order valence-corrected chi connectivity index (χ1v) is 8.80. The molecule has 0 fully saturated rings. The monoisotopic (exact) mass is 350 g/mol. The van der Waals surface area contributed by atoms with Gasteiger partial charge in [0, 0.05) is 37.6 Å². The third-order valence-electron chi connectivity index (χ3n) is 3.91. The maximum absolute atomic E-state index is 11.4. The second kappa shape index (κ2) is 10.7. The molecule has 7 heteroatoms. The molecule has 0 aliphatic rings. The molecule has 7 nitrogen and oxygen atoms in total. The van der Waals surface area contributed by atoms with E-state index < -0.39 is 0 Å². The van der Waals surface area contributed by atoms with Crippen molar-refractivity contribution in [2.45, 2.75) is 59.5 Å². The molecular weight excluding hydrogens is 320 g/mol. The molecule has 0 aliphatic carbocycles. The summed E-state index contributed by atoms with van der Waals surface area (Å²) in [6.45, 7) is 10.3. The Balaban J connectivity index is 0.000000257. The van der Waals surface area contributed by atoms with Crippen molar-refractivity contribution in [2.75, 3.05) is 13.2 Å². The van der Waals surface area contributed by atoms with Gasteiger partial charge in [0.2, 0.25) is 0 Å². The third-order valence-corrected chi connectivity index (χ3v) is 3.91. The Morgan fingerprint density at radius 3 is 2.08 bits per heavy atom. The van der Waals surface area contributed by atoms with Crippen molar-refractivity contribution in [3.63, 3.8) is 0 Å². The number of aliphatic hydroxyl groups excluding tert-OH is 1. The lowest BCUT2D eigenvalue weighted by Gasteiger charge is -2.14. The second-order valence-corrected chi connectivity index (χ2v) is 5.67. The lowest BCUT2D eigenvalue weighted by molar-refractivity contribution is -0.146. The van der Waals surface area contributed by atoms with Crippen LogP contribution in [0.4, 0.5) is 0 Å². The second-order valence-electron chi connectivity index (χ2n) is 5.67. The Morgan fingerprint density at radius 1 is 1.08 bits per heavy atom. The van der Waals surface area contributed by atoms with Gasteiger partial charge in [-0.15, -0.1) is 0 Å². The molecule has 2 atom stereocenters. The number of carbonyl (C=O) groups is 1. The average Bonchev–Trinajstić information content (AvgIpc) is 3.29. The summed E-state index contributed by atoms with van der Waals surface area (Å²) in [5, 5.41) is 8.88. The minimum atomic E-state index is -0.285. The summed E-state index contributed by atoms with van der Waals surface area (Å²) in [7, 11) is 0. The van der Waals surface area contributed by atoms with Gasteiger partial charge >= 0.3 is 5.97 Å². The zero-order valence-electron chi connectivity index (χ0n) is 15.8. The van der Waals surface area contributed by atoms with Crippen LogP contribution in [0.15, 0.2) is 24.8 Å². The zero-order chi connectivity index (χ0) is 18.8. The lowest BCUT2D eigenvalue weighted by atomic mass is 10.3. The maximum atomic E-state index is 11.4. The van der Waals surface area contributed by atoms with E-state index in [0.717, 1.165) is 24.5 Å². The number of rotatable bonds is 7. The molecule has 0 saturated heterocycles. The van der Waals surface area contributed by atoms with Crippen molar-refractivity contribution in [1.29, 1.82) is 0 Å². The highest BCUT2D eigenvalue weighted by Crippen LogP contribution is 2.11. The van der Waals surface area contributed by atoms with Gasteiger partial charge in [0.15, 0.2) is 0 Å². The van der Waals surface area contributed by atoms with E-state index in [0.29, 0.717) is 6.61 Å². The largest absolute Gasteiger partial charge is 0.464 e. The van der Waals surface area contributed by atoms with E-state index in [1.54, 1.807) is 25.5 Å². The molecule has 0 saturated carbocycles. The van der Waals surface area contributed by atoms with E-state index in [1.807, 2.05) is 36.1 Å². The van der Waals surface area contributed by atoms with E-state index in [9.17, 15) is 4.79 Å². The number of aryl methyl sites for hydroxylation is 2. The van der Waals surface area contributed by atoms with E-state index in [1.165, 1.54) is 0 Å². The molecule has 1 N–H and O–H groups in total. The van der Waals surface area contributed by atoms with Crippen LogP contribution < -0.4 is 0 Å². The molecule has 2 rings (SSSR count). The first-order valence-electron chi connectivity index (χ1n) is 8.80. The summed E-state index contributed by atoms with van der Waals surface area (Å²) in [4.78, 5) is 19.7. The van der Waals surface area contributed by atoms with Crippen LogP contribution in [-0.4, -0.2) is 43.4 Å². The molecule has 2 unspecified atom stereocenters. The predicted octanol–water partition coefficient (Wildman–Crippen LogP) is 2.57. The van der Waals surface area contributed by atoms with E-state index in [4.69, 9.17) is 9.84 Å². The van der Waals surface area contributed by atoms with Gasteiger partial charge in [-0.2, -0.15) is 0 Å². The number of imidazole rings is 2. The van der Waals surface area contributed by atoms with Gasteiger partial charge in [0.1, 0.15) is 17.7 Å². The normalized spacial score (nSPS) is 12.9. The lowest BCUT2D eigenvalue weighted by Crippen LogP contribution is -2.20. The van der Waals surface area contributed by atoms with Crippen molar-refractivity contribution < 1.29 is 14.6 Å². The average molecular weight is 350 g/mol. The molecule has 140 valence electrons. The molecule has 0 amide bonds. The fourth-order valence-corrected chi connectivity index (χ4v) is 2.45. The summed E-state index contributed by atoms with van der Waals surface area (Å²) in [6, 6.07) is -0.139. The first-order chi connectivity index (χ1) is 12.0. The van der Waals surface area contributed by atoms with Crippen LogP contribution in [0.1, 0.15) is 58.4 Å². The molecular formula is C18H30N4O3. The molecule has 2 aromatic heterocycles. The minimum absolute atomic E-state index is 0.146. The first kappa shape index (κ1) is 20.9. The van der Waals surface area contributed by atoms with Crippen LogP contribution in [0.2, 0.25) is 0 Å². The molecule has 2 aromatic rings. The molecule has 0 aromatic carbocycles. The number of nitrogens with zero attached hydrogens (tertiary/aromatic N) is 4. The van der Waals surface area contributed by atoms with E-state index in [-0.39, 0.29) is 24.7 Å². The maximum Gasteiger partial charge on any atom is 0.328 e. The fourth-order valence-electron chi connectivity index (χ4n) is 2.45. The van der Waals surface area contributed by atoms with Crippen LogP contribution in [0.3, 0.4) is 0 Å². The summed E-state index contributed by atoms with van der Waals surface area (Å²) >= 11 is 0. The summed E-state index contributed by atoms with van der Waals surface area (Å²) in [6.07, 6.45) is 8.91. The SMILES string of the molecule is CCOC(=O)C(C)n1ccnc1CC.CCc1nccn1C(C)CO. The highest BCUT2D eigenvalue weighted by atomic mass is 16.5. The van der Waals surface area contributed by atoms with Gasteiger partial charge in [-0.25, -0.2) is 14.8 Å². The summed E-state index contributed by atoms with van der Waals surface area (Å²) < 4.78 is 8.78. The zero-order valence-corrected chi connectivity index (χ0v) is 15.8. The number of aliphatic hydroxyl groups is 1. The van der Waals surface area contributed by atoms with Gasteiger partial charge < -0.3 is 19.0 Å². The minimum Gasteiger partial charge on any atom is -0.464 e. The molecule has 0 spiro atoms. The van der Waals surface area contributed by atoms with Crippen LogP contribution in [-0.2, 0) is 22.4 Å². The molecule has 0 aliphatic heterocycles. The number of esters is 1. The Morgan fingerprint density at radius 2 is 1.60 bits per heavy atom. The summed E-state index contributed by atoms with van der Waals surface area (Å²) in [5.74, 6) is 1.73. The van der Waals surface area contributed by atoms with Crippen LogP contribution >= 0.6 is 0 Å². The standard InChI is InChI=1S/C10H16N2O2.C8H14N2O/c1-4-9-11-6-7-12(9)8(3)10(13)14-5-2;1-3-8-9-4-5-10(8)7(2)6-11/h6-8H,4-5H2,1-3H3;4-5,7,11H,3,6H2,1-2H3. The highest BCUT2D eigenvalue weighted by molar-refractivity contribution is 5.73. The number of ether oxygens (including phenoxy) is 1. The van der Waals surface area contributed by atoms with E-state index in [2.05, 4.69) is 16.9 Å². The van der Waals surface area contributed by atoms with Crippen molar-refractivity contribution >= 4 is 5.97 Å². The fraction of sp³-hybridized carbons (Fsp3) is 0.611. The highest BCUT2D eigenvalue weighted by Gasteiger charge is 2.17. The number of aromatic nitrogens is 4. The number of carbonyl (C=O) groups excluding carboxylic acids is 1. The van der Waals surface area contributed by atoms with Crippen molar-refractivity contribution in [3.8, 4) is 0 Å². The predicted molar refractivity (Wildman–Crippen MR) is 96.4 cm³/mol. The quantitative estimate of drug-likeness (QED) is 0.776. The Bertz CT molecular complexity index is 636. The van der Waals surface area contributed by atoms with Crippen molar-refractivity contribution in [2.24, 2.45) is 0 Å². The summed E-state index contributed by atoms with van der Waals surface area (Å²) in [5.41, 5.74) is 0. The van der Waals surface area contributed by atoms with Crippen molar-refractivity contribution in [3.05, 3.63) is 36.4 Å². The van der Waals surface area contributed by atoms with E-state index >= 15 is 0 Å². The van der Waals surface area contributed by atoms with Gasteiger partial charge in [0.05, 0.1) is 19.3 Å². The van der Waals surface area contributed by atoms with Gasteiger partial charge in [-0.3, -0.25) is 0 Å². The molecule has 2 heterocycles. The molecule has 25 heavy (non-hydrogen) atoms. The van der Waals surface area contributed by atoms with Crippen LogP contribution in [0.5, 0.6) is 0 Å². The number of hydrogen-bond acceptors (Lipinski definition) is 5. The van der Waals surface area contributed by atoms with Crippen molar-refractivity contribution in [1.82, 2.24) is 19.1 Å². The topological polar surface area (TPSA) is 82.2 Å². The molecule has 0 bridgehead atoms. The number of hydrogen-bond donors (Lipinski definition) is 1. The Labute approximate surface area is 149 Å². The Hall–Kier alpha value is -2.15. The third kappa shape index (κ3) is 5.70. The van der Waals surface area contributed by atoms with Gasteiger partial charge in [-0.05, 0) is 20.8 Å².